The summed E-state index contributed by atoms with van der Waals surface area (Å²) in [5.41, 5.74) is -0.904. The zero-order valence-electron chi connectivity index (χ0n) is 11.1. The fourth-order valence-electron chi connectivity index (χ4n) is 2.95. The number of fused-ring (bicyclic) bond motifs is 1. The Bertz CT molecular complexity index is 719. The Morgan fingerprint density at radius 2 is 2.19 bits per heavy atom. The number of aromatic nitrogens is 3. The topological polar surface area (TPSA) is 108 Å². The van der Waals surface area contributed by atoms with E-state index in [1.807, 2.05) is 0 Å². The average molecular weight is 312 g/mol. The van der Waals surface area contributed by atoms with Gasteiger partial charge >= 0.3 is 5.97 Å². The Labute approximate surface area is 124 Å². The third-order valence-corrected chi connectivity index (χ3v) is 4.61. The van der Waals surface area contributed by atoms with Crippen molar-refractivity contribution in [3.63, 3.8) is 0 Å². The van der Waals surface area contributed by atoms with Crippen LogP contribution in [-0.2, 0) is 4.79 Å². The summed E-state index contributed by atoms with van der Waals surface area (Å²) in [6.45, 7) is 1.43. The number of hydrogen-bond donors (Lipinski definition) is 3. The van der Waals surface area contributed by atoms with Crippen LogP contribution in [0.15, 0.2) is 18.6 Å². The summed E-state index contributed by atoms with van der Waals surface area (Å²) >= 11 is 5.98. The van der Waals surface area contributed by atoms with Crippen LogP contribution in [0, 0.1) is 5.41 Å². The van der Waals surface area contributed by atoms with Crippen molar-refractivity contribution >= 4 is 28.6 Å². The molecule has 0 aliphatic heterocycles. The molecule has 1 aliphatic carbocycles. The minimum Gasteiger partial charge on any atom is -0.481 e. The van der Waals surface area contributed by atoms with Crippen LogP contribution >= 0.6 is 11.6 Å². The summed E-state index contributed by atoms with van der Waals surface area (Å²) in [5, 5.41) is 30.5. The number of aliphatic hydroxyl groups excluding tert-OH is 2. The van der Waals surface area contributed by atoms with E-state index < -0.39 is 29.6 Å². The lowest BCUT2D eigenvalue weighted by molar-refractivity contribution is -0.155. The Morgan fingerprint density at radius 1 is 1.48 bits per heavy atom. The van der Waals surface area contributed by atoms with E-state index in [-0.39, 0.29) is 11.6 Å². The number of carbonyl (C=O) groups is 1. The SMILES string of the molecule is C[C@]1(C(=O)O)C[C@@H](n2ccc3c(Cl)ncnc32)[C@H](O)[C@@H]1O. The molecule has 0 radical (unpaired) electrons. The Balaban J connectivity index is 2.08. The van der Waals surface area contributed by atoms with Crippen molar-refractivity contribution in [2.24, 2.45) is 5.41 Å². The van der Waals surface area contributed by atoms with Crippen molar-refractivity contribution in [1.29, 1.82) is 0 Å². The summed E-state index contributed by atoms with van der Waals surface area (Å²) in [6, 6.07) is 1.11. The molecule has 8 heteroatoms. The first-order valence-corrected chi connectivity index (χ1v) is 6.80. The van der Waals surface area contributed by atoms with Gasteiger partial charge in [0.05, 0.1) is 22.9 Å². The molecule has 1 aliphatic rings. The van der Waals surface area contributed by atoms with Gasteiger partial charge in [0, 0.05) is 6.20 Å². The summed E-state index contributed by atoms with van der Waals surface area (Å²) < 4.78 is 1.64. The van der Waals surface area contributed by atoms with Crippen LogP contribution in [0.1, 0.15) is 19.4 Å². The standard InChI is InChI=1S/C13H14ClN3O4/c1-13(12(20)21)4-7(8(18)9(13)19)17-3-2-6-10(14)15-5-16-11(6)17/h2-3,5,7-9,18-19H,4H2,1H3,(H,20,21)/t7-,8+,9+,13+/m1/s1. The number of rotatable bonds is 2. The number of hydrogen-bond acceptors (Lipinski definition) is 5. The van der Waals surface area contributed by atoms with Gasteiger partial charge < -0.3 is 19.9 Å². The highest BCUT2D eigenvalue weighted by atomic mass is 35.5. The number of aliphatic hydroxyl groups is 2. The fraction of sp³-hybridized carbons (Fsp3) is 0.462. The van der Waals surface area contributed by atoms with Gasteiger partial charge in [-0.2, -0.15) is 0 Å². The monoisotopic (exact) mass is 311 g/mol. The maximum atomic E-state index is 11.4. The number of carboxylic acids is 1. The molecule has 1 saturated carbocycles. The molecule has 112 valence electrons. The normalized spacial score (nSPS) is 32.7. The molecular weight excluding hydrogens is 298 g/mol. The van der Waals surface area contributed by atoms with Crippen LogP contribution in [0.2, 0.25) is 5.15 Å². The van der Waals surface area contributed by atoms with Gasteiger partial charge in [0.2, 0.25) is 0 Å². The molecule has 2 heterocycles. The second kappa shape index (κ2) is 4.66. The maximum Gasteiger partial charge on any atom is 0.312 e. The quantitative estimate of drug-likeness (QED) is 0.709. The molecule has 0 aromatic carbocycles. The van der Waals surface area contributed by atoms with Crippen molar-refractivity contribution in [3.8, 4) is 0 Å². The molecule has 0 saturated heterocycles. The minimum absolute atomic E-state index is 0.0933. The van der Waals surface area contributed by atoms with Gasteiger partial charge in [-0.3, -0.25) is 4.79 Å². The molecule has 3 N–H and O–H groups in total. The van der Waals surface area contributed by atoms with Gasteiger partial charge in [0.15, 0.2) is 0 Å². The van der Waals surface area contributed by atoms with Crippen molar-refractivity contribution in [2.75, 3.05) is 0 Å². The summed E-state index contributed by atoms with van der Waals surface area (Å²) in [5.74, 6) is -1.14. The van der Waals surface area contributed by atoms with Crippen LogP contribution in [0.25, 0.3) is 11.0 Å². The molecule has 0 spiro atoms. The molecule has 1 fully saturated rings. The lowest BCUT2D eigenvalue weighted by Gasteiger charge is -2.22. The predicted molar refractivity (Wildman–Crippen MR) is 73.9 cm³/mol. The Kier molecular flexibility index (Phi) is 3.16. The van der Waals surface area contributed by atoms with Crippen LogP contribution in [-0.4, -0.2) is 48.0 Å². The van der Waals surface area contributed by atoms with E-state index in [1.165, 1.54) is 13.3 Å². The third-order valence-electron chi connectivity index (χ3n) is 4.31. The van der Waals surface area contributed by atoms with Gasteiger partial charge in [0.1, 0.15) is 23.2 Å². The first-order chi connectivity index (χ1) is 9.86. The van der Waals surface area contributed by atoms with Crippen molar-refractivity contribution in [2.45, 2.75) is 31.6 Å². The van der Waals surface area contributed by atoms with E-state index in [9.17, 15) is 20.1 Å². The molecule has 7 nitrogen and oxygen atoms in total. The molecule has 4 atom stereocenters. The second-order valence-electron chi connectivity index (χ2n) is 5.55. The Morgan fingerprint density at radius 3 is 2.81 bits per heavy atom. The highest BCUT2D eigenvalue weighted by molar-refractivity contribution is 6.33. The highest BCUT2D eigenvalue weighted by Gasteiger charge is 2.55. The minimum atomic E-state index is -1.41. The maximum absolute atomic E-state index is 11.4. The fourth-order valence-corrected chi connectivity index (χ4v) is 3.14. The smallest absolute Gasteiger partial charge is 0.312 e. The summed E-state index contributed by atoms with van der Waals surface area (Å²) in [4.78, 5) is 19.4. The Hall–Kier alpha value is -1.70. The van der Waals surface area contributed by atoms with E-state index >= 15 is 0 Å². The van der Waals surface area contributed by atoms with Crippen LogP contribution in [0.3, 0.4) is 0 Å². The molecule has 2 aromatic rings. The molecule has 0 unspecified atom stereocenters. The molecule has 0 amide bonds. The van der Waals surface area contributed by atoms with Gasteiger partial charge in [-0.25, -0.2) is 9.97 Å². The van der Waals surface area contributed by atoms with Gasteiger partial charge in [-0.05, 0) is 19.4 Å². The van der Waals surface area contributed by atoms with Crippen LogP contribution < -0.4 is 0 Å². The van der Waals surface area contributed by atoms with Crippen LogP contribution in [0.4, 0.5) is 0 Å². The van der Waals surface area contributed by atoms with E-state index in [0.717, 1.165) is 0 Å². The third kappa shape index (κ3) is 1.92. The lowest BCUT2D eigenvalue weighted by atomic mass is 9.86. The molecule has 21 heavy (non-hydrogen) atoms. The number of nitrogens with zero attached hydrogens (tertiary/aromatic N) is 3. The van der Waals surface area contributed by atoms with Crippen molar-refractivity contribution < 1.29 is 20.1 Å². The second-order valence-corrected chi connectivity index (χ2v) is 5.91. The van der Waals surface area contributed by atoms with Crippen LogP contribution in [0.5, 0.6) is 0 Å². The predicted octanol–water partition coefficient (Wildman–Crippen LogP) is 0.842. The number of carboxylic acid groups (broad SMARTS) is 1. The first kappa shape index (κ1) is 14.2. The van der Waals surface area contributed by atoms with Gasteiger partial charge in [-0.15, -0.1) is 0 Å². The zero-order valence-corrected chi connectivity index (χ0v) is 11.9. The zero-order chi connectivity index (χ0) is 15.4. The van der Waals surface area contributed by atoms with Crippen molar-refractivity contribution in [3.05, 3.63) is 23.7 Å². The van der Waals surface area contributed by atoms with E-state index in [2.05, 4.69) is 9.97 Å². The summed E-state index contributed by atoms with van der Waals surface area (Å²) in [6.07, 6.45) is 0.510. The number of aliphatic carboxylic acids is 1. The molecule has 0 bridgehead atoms. The van der Waals surface area contributed by atoms with Gasteiger partial charge in [-0.1, -0.05) is 11.6 Å². The first-order valence-electron chi connectivity index (χ1n) is 6.43. The average Bonchev–Trinajstić information content (AvgIpc) is 2.96. The molecule has 3 rings (SSSR count). The highest BCUT2D eigenvalue weighted by Crippen LogP contribution is 2.45. The van der Waals surface area contributed by atoms with E-state index in [1.54, 1.807) is 16.8 Å². The molecular formula is C13H14ClN3O4. The van der Waals surface area contributed by atoms with E-state index in [4.69, 9.17) is 11.6 Å². The van der Waals surface area contributed by atoms with Crippen molar-refractivity contribution in [1.82, 2.24) is 14.5 Å². The number of halogens is 1. The lowest BCUT2D eigenvalue weighted by Crippen LogP contribution is -2.40. The van der Waals surface area contributed by atoms with E-state index in [0.29, 0.717) is 11.0 Å². The van der Waals surface area contributed by atoms with Gasteiger partial charge in [0.25, 0.3) is 0 Å². The largest absolute Gasteiger partial charge is 0.481 e. The summed E-state index contributed by atoms with van der Waals surface area (Å²) in [7, 11) is 0. The molecule has 2 aromatic heterocycles.